The zero-order valence-electron chi connectivity index (χ0n) is 18.1. The first-order valence-corrected chi connectivity index (χ1v) is 10.7. The van der Waals surface area contributed by atoms with Crippen molar-refractivity contribution in [3.63, 3.8) is 0 Å². The molecule has 2 rings (SSSR count). The van der Waals surface area contributed by atoms with Gasteiger partial charge in [0.15, 0.2) is 5.11 Å². The van der Waals surface area contributed by atoms with Crippen LogP contribution in [0.25, 0.3) is 0 Å². The minimum atomic E-state index is -0.393. The minimum Gasteiger partial charge on any atom is -0.490 e. The molecular formula is C23H29N3O4S. The predicted molar refractivity (Wildman–Crippen MR) is 126 cm³/mol. The van der Waals surface area contributed by atoms with Crippen LogP contribution in [-0.4, -0.2) is 42.8 Å². The van der Waals surface area contributed by atoms with Crippen LogP contribution in [-0.2, 0) is 4.74 Å². The van der Waals surface area contributed by atoms with Gasteiger partial charge in [-0.25, -0.2) is 0 Å². The topological polar surface area (TPSA) is 88.7 Å². The number of nitrogens with one attached hydrogen (secondary N) is 3. The number of benzene rings is 2. The van der Waals surface area contributed by atoms with Crippen molar-refractivity contribution in [1.29, 1.82) is 0 Å². The van der Waals surface area contributed by atoms with E-state index in [4.69, 9.17) is 21.7 Å². The van der Waals surface area contributed by atoms with Crippen LogP contribution in [0, 0.1) is 0 Å². The molecule has 2 aromatic carbocycles. The van der Waals surface area contributed by atoms with Crippen molar-refractivity contribution in [3.05, 3.63) is 59.7 Å². The summed E-state index contributed by atoms with van der Waals surface area (Å²) in [5.74, 6) is -0.104. The fourth-order valence-corrected chi connectivity index (χ4v) is 2.83. The second-order valence-corrected chi connectivity index (χ2v) is 7.22. The van der Waals surface area contributed by atoms with Gasteiger partial charge in [-0.2, -0.15) is 0 Å². The third-order valence-corrected chi connectivity index (χ3v) is 4.62. The van der Waals surface area contributed by atoms with E-state index in [0.717, 1.165) is 6.42 Å². The van der Waals surface area contributed by atoms with Gasteiger partial charge >= 0.3 is 0 Å². The number of hydrogen-bond donors (Lipinski definition) is 3. The molecule has 0 heterocycles. The van der Waals surface area contributed by atoms with Gasteiger partial charge in [0, 0.05) is 23.9 Å². The van der Waals surface area contributed by atoms with E-state index in [9.17, 15) is 9.59 Å². The molecule has 0 aliphatic rings. The molecule has 0 saturated heterocycles. The summed E-state index contributed by atoms with van der Waals surface area (Å²) in [6, 6.07) is 13.9. The number of anilines is 1. The number of amides is 2. The summed E-state index contributed by atoms with van der Waals surface area (Å²) in [5, 5.41) is 8.63. The molecule has 0 radical (unpaired) electrons. The fraction of sp³-hybridized carbons (Fsp3) is 0.348. The molecular weight excluding hydrogens is 414 g/mol. The van der Waals surface area contributed by atoms with Crippen LogP contribution in [0.3, 0.4) is 0 Å². The van der Waals surface area contributed by atoms with Crippen LogP contribution in [0.1, 0.15) is 47.9 Å². The predicted octanol–water partition coefficient (Wildman–Crippen LogP) is 3.76. The Kier molecular flexibility index (Phi) is 9.93. The highest BCUT2D eigenvalue weighted by atomic mass is 32.1. The molecule has 2 aromatic rings. The van der Waals surface area contributed by atoms with Gasteiger partial charge in [-0.1, -0.05) is 25.1 Å². The first-order chi connectivity index (χ1) is 14.9. The lowest BCUT2D eigenvalue weighted by molar-refractivity contribution is 0.0936. The van der Waals surface area contributed by atoms with E-state index in [1.165, 1.54) is 0 Å². The Hall–Kier alpha value is -2.97. The molecule has 0 aliphatic carbocycles. The summed E-state index contributed by atoms with van der Waals surface area (Å²) in [6.45, 7) is 7.24. The molecule has 31 heavy (non-hydrogen) atoms. The lowest BCUT2D eigenvalue weighted by Crippen LogP contribution is -2.34. The van der Waals surface area contributed by atoms with Crippen LogP contribution in [0.2, 0.25) is 0 Å². The molecule has 0 spiro atoms. The summed E-state index contributed by atoms with van der Waals surface area (Å²) in [6.07, 6.45) is 0.844. The average Bonchev–Trinajstić information content (AvgIpc) is 2.76. The Morgan fingerprint density at radius 1 is 1.03 bits per heavy atom. The Morgan fingerprint density at radius 2 is 1.81 bits per heavy atom. The summed E-state index contributed by atoms with van der Waals surface area (Å²) in [4.78, 5) is 25.0. The van der Waals surface area contributed by atoms with Crippen molar-refractivity contribution in [1.82, 2.24) is 10.6 Å². The first kappa shape index (κ1) is 24.3. The van der Waals surface area contributed by atoms with Gasteiger partial charge in [0.1, 0.15) is 12.4 Å². The van der Waals surface area contributed by atoms with Crippen LogP contribution in [0.5, 0.6) is 5.75 Å². The van der Waals surface area contributed by atoms with Crippen molar-refractivity contribution in [3.8, 4) is 5.75 Å². The SMILES string of the molecule is CCOCCOc1ccccc1C(=O)NC(=S)Nc1cccc(C(=O)NC(C)CC)c1. The van der Waals surface area contributed by atoms with Crippen molar-refractivity contribution >= 4 is 34.8 Å². The van der Waals surface area contributed by atoms with Crippen LogP contribution < -0.4 is 20.7 Å². The van der Waals surface area contributed by atoms with E-state index in [2.05, 4.69) is 16.0 Å². The third kappa shape index (κ3) is 7.99. The van der Waals surface area contributed by atoms with Crippen molar-refractivity contribution in [2.24, 2.45) is 0 Å². The molecule has 7 nitrogen and oxygen atoms in total. The van der Waals surface area contributed by atoms with Gasteiger partial charge in [0.25, 0.3) is 11.8 Å². The van der Waals surface area contributed by atoms with Crippen LogP contribution in [0.15, 0.2) is 48.5 Å². The van der Waals surface area contributed by atoms with E-state index in [-0.39, 0.29) is 17.1 Å². The van der Waals surface area contributed by atoms with Gasteiger partial charge in [-0.05, 0) is 62.8 Å². The molecule has 0 aliphatic heterocycles. The number of ether oxygens (including phenoxy) is 2. The molecule has 3 N–H and O–H groups in total. The van der Waals surface area contributed by atoms with E-state index in [1.807, 2.05) is 20.8 Å². The number of hydrogen-bond acceptors (Lipinski definition) is 5. The highest BCUT2D eigenvalue weighted by molar-refractivity contribution is 7.80. The fourth-order valence-electron chi connectivity index (χ4n) is 2.62. The number of carbonyl (C=O) groups excluding carboxylic acids is 2. The monoisotopic (exact) mass is 443 g/mol. The minimum absolute atomic E-state index is 0.0836. The summed E-state index contributed by atoms with van der Waals surface area (Å²) in [7, 11) is 0. The van der Waals surface area contributed by atoms with Crippen molar-refractivity contribution in [2.75, 3.05) is 25.1 Å². The zero-order valence-corrected chi connectivity index (χ0v) is 18.9. The largest absolute Gasteiger partial charge is 0.490 e. The molecule has 0 fully saturated rings. The van der Waals surface area contributed by atoms with Crippen LogP contribution in [0.4, 0.5) is 5.69 Å². The third-order valence-electron chi connectivity index (χ3n) is 4.42. The highest BCUT2D eigenvalue weighted by Gasteiger charge is 2.14. The number of para-hydroxylation sites is 1. The summed E-state index contributed by atoms with van der Waals surface area (Å²) in [5.41, 5.74) is 1.47. The summed E-state index contributed by atoms with van der Waals surface area (Å²) < 4.78 is 10.9. The van der Waals surface area contributed by atoms with Crippen molar-refractivity contribution in [2.45, 2.75) is 33.2 Å². The molecule has 0 saturated carbocycles. The molecule has 0 aromatic heterocycles. The maximum atomic E-state index is 12.7. The second kappa shape index (κ2) is 12.7. The van der Waals surface area contributed by atoms with Crippen LogP contribution >= 0.6 is 12.2 Å². The van der Waals surface area contributed by atoms with Gasteiger partial charge in [-0.15, -0.1) is 0 Å². The molecule has 0 bridgehead atoms. The van der Waals surface area contributed by atoms with E-state index < -0.39 is 5.91 Å². The lowest BCUT2D eigenvalue weighted by atomic mass is 10.1. The van der Waals surface area contributed by atoms with Gasteiger partial charge in [0.2, 0.25) is 0 Å². The van der Waals surface area contributed by atoms with Gasteiger partial charge in [-0.3, -0.25) is 14.9 Å². The number of carbonyl (C=O) groups is 2. The molecule has 1 atom stereocenters. The smallest absolute Gasteiger partial charge is 0.261 e. The standard InChI is InChI=1S/C23H29N3O4S/c1-4-16(3)24-21(27)17-9-8-10-18(15-17)25-23(31)26-22(28)19-11-6-7-12-20(19)30-14-13-29-5-2/h6-12,15-16H,4-5,13-14H2,1-3H3,(H,24,27)(H2,25,26,28,31). The second-order valence-electron chi connectivity index (χ2n) is 6.81. The van der Waals surface area contributed by atoms with Gasteiger partial charge < -0.3 is 20.1 Å². The molecule has 1 unspecified atom stereocenters. The highest BCUT2D eigenvalue weighted by Crippen LogP contribution is 2.18. The quantitative estimate of drug-likeness (QED) is 0.383. The van der Waals surface area contributed by atoms with Crippen molar-refractivity contribution < 1.29 is 19.1 Å². The normalized spacial score (nSPS) is 11.3. The van der Waals surface area contributed by atoms with E-state index >= 15 is 0 Å². The Balaban J connectivity index is 1.98. The molecule has 166 valence electrons. The number of thiocarbonyl (C=S) groups is 1. The lowest BCUT2D eigenvalue weighted by Gasteiger charge is -2.14. The average molecular weight is 444 g/mol. The Morgan fingerprint density at radius 3 is 2.55 bits per heavy atom. The maximum Gasteiger partial charge on any atom is 0.261 e. The van der Waals surface area contributed by atoms with Gasteiger partial charge in [0.05, 0.1) is 12.2 Å². The number of rotatable bonds is 10. The maximum absolute atomic E-state index is 12.7. The Labute approximate surface area is 188 Å². The summed E-state index contributed by atoms with van der Waals surface area (Å²) >= 11 is 5.27. The molecule has 2 amide bonds. The molecule has 8 heteroatoms. The van der Waals surface area contributed by atoms with E-state index in [0.29, 0.717) is 42.4 Å². The first-order valence-electron chi connectivity index (χ1n) is 10.3. The van der Waals surface area contributed by atoms with E-state index in [1.54, 1.807) is 48.5 Å². The Bertz CT molecular complexity index is 904. The zero-order chi connectivity index (χ0) is 22.6.